The molecule has 0 aromatic heterocycles. The first-order chi connectivity index (χ1) is 9.13. The zero-order chi connectivity index (χ0) is 13.8. The lowest BCUT2D eigenvalue weighted by atomic mass is 10.1. The molecule has 2 aromatic rings. The Balaban J connectivity index is 2.47. The lowest BCUT2D eigenvalue weighted by Crippen LogP contribution is -2.16. The summed E-state index contributed by atoms with van der Waals surface area (Å²) in [4.78, 5) is 12.5. The molecule has 0 heterocycles. The summed E-state index contributed by atoms with van der Waals surface area (Å²) in [6.45, 7) is 2.40. The molecule has 2 nitrogen and oxygen atoms in total. The highest BCUT2D eigenvalue weighted by Gasteiger charge is 2.10. The van der Waals surface area contributed by atoms with Crippen LogP contribution in [-0.2, 0) is 0 Å². The van der Waals surface area contributed by atoms with Crippen LogP contribution in [0.5, 0.6) is 0 Å². The van der Waals surface area contributed by atoms with E-state index in [0.717, 1.165) is 6.07 Å². The minimum Gasteiger partial charge on any atom is -0.342 e. The molecule has 0 atom stereocenters. The third-order valence-electron chi connectivity index (χ3n) is 2.79. The number of nitrogens with zero attached hydrogens (tertiary/aromatic N) is 1. The van der Waals surface area contributed by atoms with Crippen LogP contribution >= 0.6 is 0 Å². The molecule has 0 aliphatic heterocycles. The molecule has 0 saturated carbocycles. The first-order valence-electron chi connectivity index (χ1n) is 5.93. The third-order valence-corrected chi connectivity index (χ3v) is 2.79. The maximum atomic E-state index is 13.4. The van der Waals surface area contributed by atoms with Crippen molar-refractivity contribution in [2.45, 2.75) is 6.92 Å². The Morgan fingerprint density at radius 3 is 2.42 bits per heavy atom. The average Bonchev–Trinajstić information content (AvgIpc) is 2.39. The molecule has 4 heteroatoms. The summed E-state index contributed by atoms with van der Waals surface area (Å²) in [6.07, 6.45) is 0.589. The van der Waals surface area contributed by atoms with Gasteiger partial charge in [0.25, 0.3) is 0 Å². The van der Waals surface area contributed by atoms with Crippen LogP contribution < -0.4 is 4.90 Å². The van der Waals surface area contributed by atoms with Crippen molar-refractivity contribution in [3.05, 3.63) is 59.7 Å². The quantitative estimate of drug-likeness (QED) is 0.777. The van der Waals surface area contributed by atoms with Gasteiger partial charge in [-0.25, -0.2) is 8.78 Å². The Morgan fingerprint density at radius 1 is 1.05 bits per heavy atom. The van der Waals surface area contributed by atoms with Crippen molar-refractivity contribution in [3.8, 4) is 0 Å². The fourth-order valence-corrected chi connectivity index (χ4v) is 1.98. The Labute approximate surface area is 110 Å². The van der Waals surface area contributed by atoms with Crippen molar-refractivity contribution in [2.75, 3.05) is 11.4 Å². The Morgan fingerprint density at radius 2 is 1.79 bits per heavy atom. The van der Waals surface area contributed by atoms with E-state index in [1.165, 1.54) is 18.2 Å². The van der Waals surface area contributed by atoms with Crippen molar-refractivity contribution in [1.29, 1.82) is 0 Å². The lowest BCUT2D eigenvalue weighted by molar-refractivity contribution is 0.112. The summed E-state index contributed by atoms with van der Waals surface area (Å²) >= 11 is 0. The van der Waals surface area contributed by atoms with Crippen molar-refractivity contribution in [2.24, 2.45) is 0 Å². The van der Waals surface area contributed by atoms with Gasteiger partial charge in [0, 0.05) is 23.5 Å². The molecule has 0 fully saturated rings. The maximum absolute atomic E-state index is 13.4. The van der Waals surface area contributed by atoms with Gasteiger partial charge < -0.3 is 4.90 Å². The summed E-state index contributed by atoms with van der Waals surface area (Å²) in [5.74, 6) is -0.850. The number of carbonyl (C=O) groups excluding carboxylic acids is 1. The normalized spacial score (nSPS) is 10.3. The molecule has 98 valence electrons. The highest BCUT2D eigenvalue weighted by Crippen LogP contribution is 2.27. The molecule has 0 N–H and O–H groups in total. The van der Waals surface area contributed by atoms with Gasteiger partial charge in [-0.3, -0.25) is 4.79 Å². The van der Waals surface area contributed by atoms with E-state index in [0.29, 0.717) is 24.2 Å². The zero-order valence-electron chi connectivity index (χ0n) is 10.4. The minimum atomic E-state index is -0.491. The summed E-state index contributed by atoms with van der Waals surface area (Å²) < 4.78 is 26.7. The first kappa shape index (κ1) is 13.2. The molecule has 0 aliphatic rings. The second-order valence-electron chi connectivity index (χ2n) is 4.08. The highest BCUT2D eigenvalue weighted by molar-refractivity contribution is 5.78. The van der Waals surface area contributed by atoms with Crippen LogP contribution in [-0.4, -0.2) is 12.8 Å². The Hall–Kier alpha value is -2.23. The summed E-state index contributed by atoms with van der Waals surface area (Å²) in [5, 5.41) is 0. The summed E-state index contributed by atoms with van der Waals surface area (Å²) in [6, 6.07) is 10.1. The van der Waals surface area contributed by atoms with Crippen molar-refractivity contribution < 1.29 is 13.6 Å². The van der Waals surface area contributed by atoms with Gasteiger partial charge in [0.2, 0.25) is 0 Å². The number of hydrogen-bond donors (Lipinski definition) is 0. The van der Waals surface area contributed by atoms with Crippen LogP contribution in [0.1, 0.15) is 17.3 Å². The average molecular weight is 261 g/mol. The Kier molecular flexibility index (Phi) is 3.90. The van der Waals surface area contributed by atoms with Gasteiger partial charge in [0.05, 0.1) is 0 Å². The van der Waals surface area contributed by atoms with Crippen LogP contribution in [0.25, 0.3) is 0 Å². The molecule has 2 aromatic carbocycles. The van der Waals surface area contributed by atoms with E-state index in [4.69, 9.17) is 0 Å². The van der Waals surface area contributed by atoms with E-state index in [-0.39, 0.29) is 11.4 Å². The van der Waals surface area contributed by atoms with E-state index < -0.39 is 5.82 Å². The van der Waals surface area contributed by atoms with E-state index in [2.05, 4.69) is 0 Å². The fraction of sp³-hybridized carbons (Fsp3) is 0.133. The van der Waals surface area contributed by atoms with Gasteiger partial charge in [-0.15, -0.1) is 0 Å². The van der Waals surface area contributed by atoms with E-state index in [1.54, 1.807) is 23.1 Å². The zero-order valence-corrected chi connectivity index (χ0v) is 10.4. The van der Waals surface area contributed by atoms with E-state index >= 15 is 0 Å². The molecule has 0 unspecified atom stereocenters. The van der Waals surface area contributed by atoms with Gasteiger partial charge in [0.15, 0.2) is 0 Å². The first-order valence-corrected chi connectivity index (χ1v) is 5.93. The van der Waals surface area contributed by atoms with E-state index in [1.807, 2.05) is 6.92 Å². The fourth-order valence-electron chi connectivity index (χ4n) is 1.98. The number of hydrogen-bond acceptors (Lipinski definition) is 2. The number of carbonyl (C=O) groups is 1. The van der Waals surface area contributed by atoms with Crippen molar-refractivity contribution in [1.82, 2.24) is 0 Å². The van der Waals surface area contributed by atoms with Gasteiger partial charge in [-0.2, -0.15) is 0 Å². The maximum Gasteiger partial charge on any atom is 0.150 e. The van der Waals surface area contributed by atoms with Gasteiger partial charge >= 0.3 is 0 Å². The predicted molar refractivity (Wildman–Crippen MR) is 70.9 cm³/mol. The minimum absolute atomic E-state index is 0.254. The Bertz CT molecular complexity index is 598. The SMILES string of the molecule is CCN(c1cccc(F)c1)c1cc(F)cc(C=O)c1. The summed E-state index contributed by atoms with van der Waals surface area (Å²) in [5.41, 5.74) is 1.39. The van der Waals surface area contributed by atoms with Crippen molar-refractivity contribution >= 4 is 17.7 Å². The van der Waals surface area contributed by atoms with Gasteiger partial charge in [-0.1, -0.05) is 6.07 Å². The molecule has 0 bridgehead atoms. The molecular formula is C15H13F2NO. The van der Waals surface area contributed by atoms with Gasteiger partial charge in [-0.05, 0) is 43.3 Å². The number of benzene rings is 2. The predicted octanol–water partition coefficient (Wildman–Crippen LogP) is 3.94. The van der Waals surface area contributed by atoms with Crippen LogP contribution in [0.4, 0.5) is 20.2 Å². The smallest absolute Gasteiger partial charge is 0.150 e. The number of aldehydes is 1. The molecule has 0 aliphatic carbocycles. The highest BCUT2D eigenvalue weighted by atomic mass is 19.1. The second-order valence-corrected chi connectivity index (χ2v) is 4.08. The van der Waals surface area contributed by atoms with Gasteiger partial charge in [0.1, 0.15) is 17.9 Å². The molecule has 19 heavy (non-hydrogen) atoms. The van der Waals surface area contributed by atoms with Crippen LogP contribution in [0.2, 0.25) is 0 Å². The third kappa shape index (κ3) is 2.96. The van der Waals surface area contributed by atoms with Crippen molar-refractivity contribution in [3.63, 3.8) is 0 Å². The van der Waals surface area contributed by atoms with Crippen LogP contribution in [0.3, 0.4) is 0 Å². The number of anilines is 2. The topological polar surface area (TPSA) is 20.3 Å². The largest absolute Gasteiger partial charge is 0.342 e. The number of halogens is 2. The molecular weight excluding hydrogens is 248 g/mol. The molecule has 0 amide bonds. The number of rotatable bonds is 4. The monoisotopic (exact) mass is 261 g/mol. The van der Waals surface area contributed by atoms with E-state index in [9.17, 15) is 13.6 Å². The molecule has 0 spiro atoms. The molecule has 2 rings (SSSR count). The molecule has 0 radical (unpaired) electrons. The second kappa shape index (κ2) is 5.61. The summed E-state index contributed by atoms with van der Waals surface area (Å²) in [7, 11) is 0. The standard InChI is InChI=1S/C15H13F2NO/c1-2-18(14-5-3-4-12(16)8-14)15-7-11(10-19)6-13(17)9-15/h3-10H,2H2,1H3. The molecule has 0 saturated heterocycles. The van der Waals surface area contributed by atoms with Crippen LogP contribution in [0.15, 0.2) is 42.5 Å². The van der Waals surface area contributed by atoms with Crippen LogP contribution in [0, 0.1) is 11.6 Å². The lowest BCUT2D eigenvalue weighted by Gasteiger charge is -2.23.